The van der Waals surface area contributed by atoms with Crippen molar-refractivity contribution in [2.45, 2.75) is 56.8 Å². The van der Waals surface area contributed by atoms with Crippen LogP contribution in [0.1, 0.15) is 38.5 Å². The van der Waals surface area contributed by atoms with Crippen LogP contribution in [0, 0.1) is 0 Å². The van der Waals surface area contributed by atoms with Crippen molar-refractivity contribution in [1.82, 2.24) is 5.32 Å². The Kier molecular flexibility index (Phi) is 3.76. The van der Waals surface area contributed by atoms with Crippen LogP contribution < -0.4 is 5.32 Å². The second-order valence-corrected chi connectivity index (χ2v) is 4.49. The minimum absolute atomic E-state index is 0.0930. The zero-order valence-electron chi connectivity index (χ0n) is 8.68. The molecular weight excluding hydrogens is 181 g/mol. The molecule has 1 aliphatic carbocycles. The standard InChI is InChI=1S/C11H20FNO/c12-10-5-1-2-6-11(10)13-9-4-3-7-14-8-9/h9-11,13H,1-8H2/t9?,10-,11-/m1/s1. The van der Waals surface area contributed by atoms with Crippen molar-refractivity contribution in [2.75, 3.05) is 13.2 Å². The highest BCUT2D eigenvalue weighted by molar-refractivity contribution is 4.84. The molecule has 14 heavy (non-hydrogen) atoms. The van der Waals surface area contributed by atoms with E-state index in [4.69, 9.17) is 4.74 Å². The summed E-state index contributed by atoms with van der Waals surface area (Å²) in [6.07, 6.45) is 5.59. The van der Waals surface area contributed by atoms with Crippen molar-refractivity contribution >= 4 is 0 Å². The molecule has 3 heteroatoms. The van der Waals surface area contributed by atoms with E-state index < -0.39 is 6.17 Å². The highest BCUT2D eigenvalue weighted by atomic mass is 19.1. The van der Waals surface area contributed by atoms with Gasteiger partial charge in [0.1, 0.15) is 6.17 Å². The zero-order chi connectivity index (χ0) is 9.80. The summed E-state index contributed by atoms with van der Waals surface area (Å²) in [5.74, 6) is 0. The lowest BCUT2D eigenvalue weighted by Crippen LogP contribution is -2.48. The van der Waals surface area contributed by atoms with Gasteiger partial charge in [-0.05, 0) is 25.7 Å². The summed E-state index contributed by atoms with van der Waals surface area (Å²) < 4.78 is 18.9. The predicted octanol–water partition coefficient (Wildman–Crippen LogP) is 2.04. The number of nitrogens with one attached hydrogen (secondary N) is 1. The van der Waals surface area contributed by atoms with Gasteiger partial charge >= 0.3 is 0 Å². The second kappa shape index (κ2) is 5.08. The van der Waals surface area contributed by atoms with Gasteiger partial charge in [-0.1, -0.05) is 12.8 Å². The Morgan fingerprint density at radius 3 is 2.64 bits per heavy atom. The molecule has 3 atom stereocenters. The van der Waals surface area contributed by atoms with E-state index in [1.165, 1.54) is 6.42 Å². The van der Waals surface area contributed by atoms with Crippen LogP contribution in [0.4, 0.5) is 4.39 Å². The predicted molar refractivity (Wildman–Crippen MR) is 54.1 cm³/mol. The molecule has 1 unspecified atom stereocenters. The second-order valence-electron chi connectivity index (χ2n) is 4.49. The van der Waals surface area contributed by atoms with Crippen LogP contribution in [0.15, 0.2) is 0 Å². The topological polar surface area (TPSA) is 21.3 Å². The molecule has 0 aromatic carbocycles. The first-order valence-corrected chi connectivity index (χ1v) is 5.84. The molecule has 1 saturated carbocycles. The summed E-state index contributed by atoms with van der Waals surface area (Å²) in [7, 11) is 0. The minimum atomic E-state index is -0.634. The molecule has 2 nitrogen and oxygen atoms in total. The van der Waals surface area contributed by atoms with Gasteiger partial charge in [0.05, 0.1) is 6.61 Å². The molecule has 0 aromatic rings. The van der Waals surface area contributed by atoms with Gasteiger partial charge in [0, 0.05) is 18.7 Å². The van der Waals surface area contributed by atoms with Crippen LogP contribution in [0.3, 0.4) is 0 Å². The number of hydrogen-bond donors (Lipinski definition) is 1. The van der Waals surface area contributed by atoms with Crippen LogP contribution in [-0.4, -0.2) is 31.5 Å². The smallest absolute Gasteiger partial charge is 0.115 e. The molecule has 0 bridgehead atoms. The summed E-state index contributed by atoms with van der Waals surface area (Å²) in [5, 5.41) is 3.41. The number of rotatable bonds is 2. The van der Waals surface area contributed by atoms with Crippen molar-refractivity contribution in [3.8, 4) is 0 Å². The Hall–Kier alpha value is -0.150. The first kappa shape index (κ1) is 10.4. The molecule has 1 heterocycles. The van der Waals surface area contributed by atoms with E-state index in [-0.39, 0.29) is 6.04 Å². The molecule has 2 aliphatic rings. The molecule has 2 fully saturated rings. The summed E-state index contributed by atoms with van der Waals surface area (Å²) in [5.41, 5.74) is 0. The summed E-state index contributed by atoms with van der Waals surface area (Å²) in [4.78, 5) is 0. The Morgan fingerprint density at radius 2 is 1.93 bits per heavy atom. The highest BCUT2D eigenvalue weighted by Gasteiger charge is 2.27. The van der Waals surface area contributed by atoms with Crippen LogP contribution in [0.5, 0.6) is 0 Å². The first-order valence-electron chi connectivity index (χ1n) is 5.84. The van der Waals surface area contributed by atoms with Gasteiger partial charge in [0.25, 0.3) is 0 Å². The quantitative estimate of drug-likeness (QED) is 0.738. The number of halogens is 1. The molecule has 1 saturated heterocycles. The normalized spacial score (nSPS) is 39.6. The summed E-state index contributed by atoms with van der Waals surface area (Å²) >= 11 is 0. The number of alkyl halides is 1. The molecule has 1 N–H and O–H groups in total. The Morgan fingerprint density at radius 1 is 1.07 bits per heavy atom. The molecule has 0 aromatic heterocycles. The van der Waals surface area contributed by atoms with Gasteiger partial charge in [-0.2, -0.15) is 0 Å². The molecule has 0 spiro atoms. The van der Waals surface area contributed by atoms with Crippen LogP contribution >= 0.6 is 0 Å². The lowest BCUT2D eigenvalue weighted by Gasteiger charge is -2.32. The van der Waals surface area contributed by atoms with Crippen molar-refractivity contribution in [1.29, 1.82) is 0 Å². The maximum absolute atomic E-state index is 13.5. The van der Waals surface area contributed by atoms with Gasteiger partial charge in [-0.3, -0.25) is 0 Å². The fourth-order valence-electron chi connectivity index (χ4n) is 2.45. The van der Waals surface area contributed by atoms with E-state index >= 15 is 0 Å². The lowest BCUT2D eigenvalue weighted by molar-refractivity contribution is 0.0563. The molecule has 1 aliphatic heterocycles. The molecule has 2 rings (SSSR count). The van der Waals surface area contributed by atoms with E-state index in [0.717, 1.165) is 45.3 Å². The van der Waals surface area contributed by atoms with Crippen LogP contribution in [-0.2, 0) is 4.74 Å². The van der Waals surface area contributed by atoms with Crippen LogP contribution in [0.25, 0.3) is 0 Å². The highest BCUT2D eigenvalue weighted by Crippen LogP contribution is 2.22. The van der Waals surface area contributed by atoms with Crippen molar-refractivity contribution < 1.29 is 9.13 Å². The van der Waals surface area contributed by atoms with Gasteiger partial charge in [0.2, 0.25) is 0 Å². The van der Waals surface area contributed by atoms with Crippen LogP contribution in [0.2, 0.25) is 0 Å². The fourth-order valence-corrected chi connectivity index (χ4v) is 2.45. The first-order chi connectivity index (χ1) is 6.86. The zero-order valence-corrected chi connectivity index (χ0v) is 8.68. The van der Waals surface area contributed by atoms with Gasteiger partial charge in [0.15, 0.2) is 0 Å². The van der Waals surface area contributed by atoms with Crippen molar-refractivity contribution in [3.63, 3.8) is 0 Å². The maximum atomic E-state index is 13.5. The van der Waals surface area contributed by atoms with Crippen molar-refractivity contribution in [2.24, 2.45) is 0 Å². The molecule has 82 valence electrons. The molecule has 0 radical (unpaired) electrons. The number of ether oxygens (including phenoxy) is 1. The number of hydrogen-bond acceptors (Lipinski definition) is 2. The third kappa shape index (κ3) is 2.67. The van der Waals surface area contributed by atoms with E-state index in [2.05, 4.69) is 5.32 Å². The third-order valence-corrected chi connectivity index (χ3v) is 3.29. The average Bonchev–Trinajstić information content (AvgIpc) is 2.23. The van der Waals surface area contributed by atoms with E-state index in [1.54, 1.807) is 0 Å². The summed E-state index contributed by atoms with van der Waals surface area (Å²) in [6.45, 7) is 1.64. The lowest BCUT2D eigenvalue weighted by atomic mass is 9.92. The Bertz CT molecular complexity index is 171. The van der Waals surface area contributed by atoms with Gasteiger partial charge in [-0.15, -0.1) is 0 Å². The monoisotopic (exact) mass is 201 g/mol. The average molecular weight is 201 g/mol. The Balaban J connectivity index is 1.76. The van der Waals surface area contributed by atoms with Gasteiger partial charge < -0.3 is 10.1 Å². The molecular formula is C11H20FNO. The largest absolute Gasteiger partial charge is 0.380 e. The third-order valence-electron chi connectivity index (χ3n) is 3.29. The fraction of sp³-hybridized carbons (Fsp3) is 1.00. The molecule has 0 amide bonds. The Labute approximate surface area is 85.2 Å². The van der Waals surface area contributed by atoms with E-state index in [1.807, 2.05) is 0 Å². The minimum Gasteiger partial charge on any atom is -0.380 e. The summed E-state index contributed by atoms with van der Waals surface area (Å²) in [6, 6.07) is 0.487. The SMILES string of the molecule is F[C@@H]1CCCC[C@H]1NC1CCCOC1. The van der Waals surface area contributed by atoms with Crippen molar-refractivity contribution in [3.05, 3.63) is 0 Å². The van der Waals surface area contributed by atoms with E-state index in [9.17, 15) is 4.39 Å². The maximum Gasteiger partial charge on any atom is 0.115 e. The van der Waals surface area contributed by atoms with Gasteiger partial charge in [-0.25, -0.2) is 4.39 Å². The van der Waals surface area contributed by atoms with E-state index in [0.29, 0.717) is 6.04 Å².